The number of hydrogen-bond acceptors (Lipinski definition) is 8. The van der Waals surface area contributed by atoms with Crippen LogP contribution in [0.15, 0.2) is 201 Å². The van der Waals surface area contributed by atoms with Crippen molar-refractivity contribution in [3.63, 3.8) is 0 Å². The Kier molecular flexibility index (Phi) is 12.0. The molecular weight excluding hydrogens is 927 g/mol. The number of rotatable bonds is 7. The van der Waals surface area contributed by atoms with Gasteiger partial charge in [0.25, 0.3) is 0 Å². The molecule has 0 radical (unpaired) electrons. The lowest BCUT2D eigenvalue weighted by atomic mass is 9.94. The van der Waals surface area contributed by atoms with E-state index >= 15 is 0 Å². The molecule has 8 aromatic carbocycles. The highest BCUT2D eigenvalue weighted by Gasteiger charge is 2.22. The second kappa shape index (κ2) is 19.4. The molecule has 0 unspecified atom stereocenters. The van der Waals surface area contributed by atoms with Gasteiger partial charge < -0.3 is 14.0 Å². The van der Waals surface area contributed by atoms with Crippen LogP contribution in [0.4, 0.5) is 0 Å². The summed E-state index contributed by atoms with van der Waals surface area (Å²) in [5, 5.41) is 33.0. The van der Waals surface area contributed by atoms with E-state index in [1.54, 1.807) is 26.6 Å². The van der Waals surface area contributed by atoms with Gasteiger partial charge in [-0.1, -0.05) is 98.8 Å². The number of benzene rings is 8. The lowest BCUT2D eigenvalue weighted by Gasteiger charge is -2.19. The summed E-state index contributed by atoms with van der Waals surface area (Å²) in [6.45, 7) is 8.35. The highest BCUT2D eigenvalue weighted by atomic mass is 16.5. The van der Waals surface area contributed by atoms with Crippen molar-refractivity contribution in [2.75, 3.05) is 14.2 Å². The molecule has 14 aromatic rings. The van der Waals surface area contributed by atoms with Gasteiger partial charge in [0.2, 0.25) is 0 Å². The first kappa shape index (κ1) is 46.3. The molecule has 0 saturated heterocycles. The Balaban J connectivity index is 0.000000156. The molecule has 0 bridgehead atoms. The predicted molar refractivity (Wildman–Crippen MR) is 305 cm³/mol. The van der Waals surface area contributed by atoms with E-state index in [-0.39, 0.29) is 0 Å². The third-order valence-electron chi connectivity index (χ3n) is 14.1. The summed E-state index contributed by atoms with van der Waals surface area (Å²) in [4.78, 5) is 0. The fourth-order valence-electron chi connectivity index (χ4n) is 10.6. The molecule has 11 nitrogen and oxygen atoms in total. The van der Waals surface area contributed by atoms with Crippen LogP contribution >= 0.6 is 0 Å². The Morgan fingerprint density at radius 1 is 0.360 bits per heavy atom. The average molecular weight is 978 g/mol. The second-order valence-electron chi connectivity index (χ2n) is 18.3. The summed E-state index contributed by atoms with van der Waals surface area (Å²) in [5.74, 6) is 1.60. The minimum absolute atomic E-state index is 0.800. The zero-order valence-electron chi connectivity index (χ0n) is 42.4. The van der Waals surface area contributed by atoms with E-state index in [1.165, 1.54) is 44.8 Å². The third-order valence-corrected chi connectivity index (χ3v) is 14.1. The Hall–Kier alpha value is -9.74. The molecule has 0 saturated carbocycles. The van der Waals surface area contributed by atoms with Crippen LogP contribution < -0.4 is 9.47 Å². The zero-order chi connectivity index (χ0) is 51.2. The number of fused-ring (bicyclic) bond motifs is 9. The van der Waals surface area contributed by atoms with Gasteiger partial charge in [0.15, 0.2) is 0 Å². The maximum Gasteiger partial charge on any atom is 0.122 e. The van der Waals surface area contributed by atoms with Crippen LogP contribution in [-0.4, -0.2) is 58.3 Å². The van der Waals surface area contributed by atoms with Crippen molar-refractivity contribution in [2.24, 2.45) is 0 Å². The highest BCUT2D eigenvalue weighted by Crippen LogP contribution is 2.44. The number of aromatic nitrogens is 9. The van der Waals surface area contributed by atoms with E-state index in [9.17, 15) is 0 Å². The van der Waals surface area contributed by atoms with E-state index in [0.717, 1.165) is 93.6 Å². The number of nitrogens with zero attached hydrogens (tertiary/aromatic N) is 9. The van der Waals surface area contributed by atoms with Gasteiger partial charge in [-0.15, -0.1) is 0 Å². The summed E-state index contributed by atoms with van der Waals surface area (Å²) in [6.07, 6.45) is 10.8. The van der Waals surface area contributed by atoms with Crippen LogP contribution in [0, 0.1) is 13.8 Å². The van der Waals surface area contributed by atoms with Gasteiger partial charge in [-0.25, -0.2) is 0 Å². The molecule has 364 valence electrons. The largest absolute Gasteiger partial charge is 0.497 e. The number of hydrogen-bond donors (Lipinski definition) is 0. The maximum atomic E-state index is 5.65. The van der Waals surface area contributed by atoms with Crippen molar-refractivity contribution in [1.29, 1.82) is 0 Å². The molecule has 0 fully saturated rings. The van der Waals surface area contributed by atoms with Gasteiger partial charge in [0, 0.05) is 65.5 Å². The van der Waals surface area contributed by atoms with Gasteiger partial charge in [-0.3, -0.25) is 8.97 Å². The first-order chi connectivity index (χ1) is 36.9. The highest BCUT2D eigenvalue weighted by molar-refractivity contribution is 6.12. The average Bonchev–Trinajstić information content (AvgIpc) is 4.22. The standard InChI is InChI=1S/C36H25N5O2.C26H20N4.C2H6/c1-42-28-10-12-34-32(16-28)33-17-29(43-2)11-13-35(33)41(34)36-30(22-6-8-24-18-37-39-20-26(24)14-22)4-3-5-31(36)23-7-9-25-19-38-40-21-27(25)15-23;1-17-6-5-7-22(19-11-12-20-15-27-28-16-21(20)14-19)26(17)30-24-9-4-3-8-23(24)29-18(2)10-13-25(29)30;1-2/h3-21H,1-2H3;3-16H,1-2H3;1-2H3. The topological polar surface area (TPSA) is 110 Å². The zero-order valence-corrected chi connectivity index (χ0v) is 42.4. The molecule has 14 rings (SSSR count). The minimum atomic E-state index is 0.800. The minimum Gasteiger partial charge on any atom is -0.497 e. The van der Waals surface area contributed by atoms with E-state index in [1.807, 2.05) is 50.8 Å². The number of ether oxygens (including phenoxy) is 2. The van der Waals surface area contributed by atoms with E-state index < -0.39 is 0 Å². The van der Waals surface area contributed by atoms with Gasteiger partial charge >= 0.3 is 0 Å². The van der Waals surface area contributed by atoms with Crippen molar-refractivity contribution >= 4 is 70.8 Å². The maximum absolute atomic E-state index is 5.65. The normalized spacial score (nSPS) is 11.3. The molecule has 11 heteroatoms. The van der Waals surface area contributed by atoms with E-state index in [2.05, 4.69) is 210 Å². The summed E-state index contributed by atoms with van der Waals surface area (Å²) in [5.41, 5.74) is 17.2. The van der Waals surface area contributed by atoms with E-state index in [0.29, 0.717) is 0 Å². The molecule has 0 aliphatic rings. The SMILES string of the molecule is CC.COc1ccc2c(c1)c1cc(OC)ccc1n2-c1c(-c2ccc3cnncc3c2)cccc1-c1ccc2cnncc2c1.Cc1cccc(-c2ccc3cnncc3c2)c1-n1c2ccccc2n2c(C)ccc12. The second-order valence-corrected chi connectivity index (χ2v) is 18.3. The Bertz CT molecular complexity index is 4320. The molecule has 6 heterocycles. The van der Waals surface area contributed by atoms with Crippen LogP contribution in [-0.2, 0) is 0 Å². The monoisotopic (exact) mass is 977 g/mol. The summed E-state index contributed by atoms with van der Waals surface area (Å²) in [7, 11) is 3.39. The Morgan fingerprint density at radius 2 is 0.800 bits per heavy atom. The molecule has 0 amide bonds. The van der Waals surface area contributed by atoms with Crippen molar-refractivity contribution in [3.8, 4) is 56.3 Å². The van der Waals surface area contributed by atoms with Crippen LogP contribution in [0.5, 0.6) is 11.5 Å². The van der Waals surface area contributed by atoms with Gasteiger partial charge in [0.05, 0.1) is 84.8 Å². The fourth-order valence-corrected chi connectivity index (χ4v) is 10.6. The summed E-state index contributed by atoms with van der Waals surface area (Å²) < 4.78 is 18.4. The van der Waals surface area contributed by atoms with Crippen molar-refractivity contribution < 1.29 is 9.47 Å². The van der Waals surface area contributed by atoms with Gasteiger partial charge in [0.1, 0.15) is 17.1 Å². The fraction of sp³-hybridized carbons (Fsp3) is 0.0938. The van der Waals surface area contributed by atoms with Gasteiger partial charge in [-0.2, -0.15) is 30.6 Å². The Labute approximate surface area is 432 Å². The number of para-hydroxylation sites is 4. The quantitative estimate of drug-likeness (QED) is 0.155. The summed E-state index contributed by atoms with van der Waals surface area (Å²) in [6, 6.07) is 57.9. The van der Waals surface area contributed by atoms with Crippen LogP contribution in [0.3, 0.4) is 0 Å². The molecule has 0 N–H and O–H groups in total. The predicted octanol–water partition coefficient (Wildman–Crippen LogP) is 15.2. The molecule has 6 aromatic heterocycles. The lowest BCUT2D eigenvalue weighted by molar-refractivity contribution is 0.415. The number of methoxy groups -OCH3 is 2. The molecule has 75 heavy (non-hydrogen) atoms. The molecule has 0 aliphatic heterocycles. The first-order valence-electron chi connectivity index (χ1n) is 25.0. The van der Waals surface area contributed by atoms with Crippen molar-refractivity contribution in [3.05, 3.63) is 212 Å². The van der Waals surface area contributed by atoms with Crippen LogP contribution in [0.1, 0.15) is 25.1 Å². The van der Waals surface area contributed by atoms with Crippen LogP contribution in [0.25, 0.3) is 116 Å². The smallest absolute Gasteiger partial charge is 0.122 e. The van der Waals surface area contributed by atoms with Crippen LogP contribution in [0.2, 0.25) is 0 Å². The first-order valence-corrected chi connectivity index (χ1v) is 25.0. The van der Waals surface area contributed by atoms with Crippen molar-refractivity contribution in [2.45, 2.75) is 27.7 Å². The lowest BCUT2D eigenvalue weighted by Crippen LogP contribution is -2.01. The van der Waals surface area contributed by atoms with Crippen molar-refractivity contribution in [1.82, 2.24) is 44.1 Å². The molecular formula is C64H51N9O2. The Morgan fingerprint density at radius 3 is 1.28 bits per heavy atom. The molecule has 0 aliphatic carbocycles. The van der Waals surface area contributed by atoms with E-state index in [4.69, 9.17) is 9.47 Å². The molecule has 0 atom stereocenters. The third kappa shape index (κ3) is 8.02. The van der Waals surface area contributed by atoms with Gasteiger partial charge in [-0.05, 0) is 115 Å². The summed E-state index contributed by atoms with van der Waals surface area (Å²) >= 11 is 0. The number of imidazole rings is 1. The molecule has 0 spiro atoms. The number of aryl methyl sites for hydroxylation is 2.